The molecule has 0 aliphatic rings. The average molecular weight is 1560 g/mol. The zero-order valence-corrected chi connectivity index (χ0v) is 72.4. The first-order valence-electron chi connectivity index (χ1n) is 45.4. The number of hydrogen-bond acceptors (Lipinski definition) is 15. The van der Waals surface area contributed by atoms with E-state index >= 15 is 0 Å². The van der Waals surface area contributed by atoms with Gasteiger partial charge in [-0.15, -0.1) is 0 Å². The van der Waals surface area contributed by atoms with Gasteiger partial charge in [0.2, 0.25) is 0 Å². The highest BCUT2D eigenvalue weighted by Gasteiger charge is 2.31. The van der Waals surface area contributed by atoms with Crippen molar-refractivity contribution in [1.82, 2.24) is 0 Å². The number of hydrogen-bond donors (Lipinski definition) is 3. The fourth-order valence-electron chi connectivity index (χ4n) is 13.7. The maximum Gasteiger partial charge on any atom is 0.472 e. The van der Waals surface area contributed by atoms with Gasteiger partial charge in [0.25, 0.3) is 0 Å². The van der Waals surface area contributed by atoms with Crippen LogP contribution in [-0.4, -0.2) is 96.7 Å². The lowest BCUT2D eigenvalue weighted by Crippen LogP contribution is -2.30. The third kappa shape index (κ3) is 80.5. The quantitative estimate of drug-likeness (QED) is 0.0222. The van der Waals surface area contributed by atoms with Crippen LogP contribution in [0.2, 0.25) is 0 Å². The Labute approximate surface area is 658 Å². The van der Waals surface area contributed by atoms with Crippen molar-refractivity contribution in [1.29, 1.82) is 0 Å². The Morgan fingerprint density at radius 1 is 0.271 bits per heavy atom. The standard InChI is InChI=1S/C88H172O17P2/c1-8-10-11-12-13-14-15-16-17-18-19-20-24-27-30-35-40-48-55-62-69-85(90)98-75-83(104-87(92)71-64-57-50-41-36-31-28-25-22-21-23-26-29-34-39-47-54-61-68-81(7)9-2)77-102-106(94,95)100-73-82(89)74-101-107(96,97)103-78-84(76-99-86(91)70-63-56-49-44-43-46-53-60-67-80(5)6)105-88(93)72-65-58-51-42-37-32-33-38-45-52-59-66-79(3)4/h79-84,89H,8-78H2,1-7H3,(H,94,95)(H,96,97)/t81?,82-,83-,84-/m1/s1. The zero-order chi connectivity index (χ0) is 78.6. The summed E-state index contributed by atoms with van der Waals surface area (Å²) in [6.45, 7) is 12.0. The number of ether oxygens (including phenoxy) is 4. The minimum absolute atomic E-state index is 0.106. The molecule has 0 aliphatic heterocycles. The van der Waals surface area contributed by atoms with E-state index in [4.69, 9.17) is 37.0 Å². The summed E-state index contributed by atoms with van der Waals surface area (Å²) in [4.78, 5) is 73.3. The second-order valence-electron chi connectivity index (χ2n) is 32.8. The second kappa shape index (κ2) is 78.0. The van der Waals surface area contributed by atoms with Crippen LogP contribution in [0.1, 0.15) is 466 Å². The first-order valence-corrected chi connectivity index (χ1v) is 48.4. The predicted octanol–water partition coefficient (Wildman–Crippen LogP) is 26.9. The molecule has 0 amide bonds. The van der Waals surface area contributed by atoms with Crippen molar-refractivity contribution in [2.45, 2.75) is 484 Å². The number of phosphoric ester groups is 2. The molecule has 0 spiro atoms. The van der Waals surface area contributed by atoms with E-state index in [1.165, 1.54) is 276 Å². The smallest absolute Gasteiger partial charge is 0.462 e. The molecule has 0 heterocycles. The first-order chi connectivity index (χ1) is 51.8. The molecule has 0 aromatic carbocycles. The number of esters is 4. The lowest BCUT2D eigenvalue weighted by Gasteiger charge is -2.21. The molecule has 0 rings (SSSR count). The molecule has 0 aromatic heterocycles. The molecule has 107 heavy (non-hydrogen) atoms. The van der Waals surface area contributed by atoms with Crippen molar-refractivity contribution in [2.24, 2.45) is 17.8 Å². The third-order valence-corrected chi connectivity index (χ3v) is 22.9. The number of phosphoric acid groups is 2. The van der Waals surface area contributed by atoms with Crippen LogP contribution in [-0.2, 0) is 65.4 Å². The van der Waals surface area contributed by atoms with Crippen LogP contribution in [0.4, 0.5) is 0 Å². The van der Waals surface area contributed by atoms with Crippen LogP contribution in [0.5, 0.6) is 0 Å². The number of aliphatic hydroxyl groups is 1. The molecule has 0 fully saturated rings. The Morgan fingerprint density at radius 2 is 0.477 bits per heavy atom. The van der Waals surface area contributed by atoms with Crippen LogP contribution in [0.25, 0.3) is 0 Å². The summed E-state index contributed by atoms with van der Waals surface area (Å²) in [6, 6.07) is 0. The van der Waals surface area contributed by atoms with Gasteiger partial charge in [0.05, 0.1) is 26.4 Å². The second-order valence-corrected chi connectivity index (χ2v) is 35.7. The van der Waals surface area contributed by atoms with Crippen molar-refractivity contribution in [3.8, 4) is 0 Å². The van der Waals surface area contributed by atoms with Gasteiger partial charge in [-0.2, -0.15) is 0 Å². The summed E-state index contributed by atoms with van der Waals surface area (Å²) in [5.41, 5.74) is 0. The molecule has 17 nitrogen and oxygen atoms in total. The van der Waals surface area contributed by atoms with Crippen LogP contribution >= 0.6 is 15.6 Å². The highest BCUT2D eigenvalue weighted by atomic mass is 31.2. The van der Waals surface area contributed by atoms with Crippen molar-refractivity contribution in [3.63, 3.8) is 0 Å². The fourth-order valence-corrected chi connectivity index (χ4v) is 15.3. The van der Waals surface area contributed by atoms with E-state index in [0.29, 0.717) is 25.7 Å². The zero-order valence-electron chi connectivity index (χ0n) is 70.6. The van der Waals surface area contributed by atoms with Crippen LogP contribution < -0.4 is 0 Å². The summed E-state index contributed by atoms with van der Waals surface area (Å²) in [5, 5.41) is 10.7. The molecule has 19 heteroatoms. The number of carbonyl (C=O) groups is 4. The van der Waals surface area contributed by atoms with Crippen LogP contribution in [0, 0.1) is 17.8 Å². The number of rotatable bonds is 86. The van der Waals surface area contributed by atoms with Crippen molar-refractivity contribution in [2.75, 3.05) is 39.6 Å². The Kier molecular flexibility index (Phi) is 76.6. The molecule has 3 unspecified atom stereocenters. The summed E-state index contributed by atoms with van der Waals surface area (Å²) < 4.78 is 68.9. The summed E-state index contributed by atoms with van der Waals surface area (Å²) in [7, 11) is -9.93. The molecular weight excluding hydrogens is 1390 g/mol. The number of carbonyl (C=O) groups excluding carboxylic acids is 4. The van der Waals surface area contributed by atoms with E-state index in [-0.39, 0.29) is 25.7 Å². The van der Waals surface area contributed by atoms with E-state index < -0.39 is 97.5 Å². The lowest BCUT2D eigenvalue weighted by atomic mass is 9.99. The molecule has 3 N–H and O–H groups in total. The highest BCUT2D eigenvalue weighted by molar-refractivity contribution is 7.47. The van der Waals surface area contributed by atoms with Gasteiger partial charge in [-0.05, 0) is 43.4 Å². The number of aliphatic hydroxyl groups excluding tert-OH is 1. The minimum Gasteiger partial charge on any atom is -0.462 e. The van der Waals surface area contributed by atoms with Gasteiger partial charge < -0.3 is 33.8 Å². The van der Waals surface area contributed by atoms with Crippen molar-refractivity contribution in [3.05, 3.63) is 0 Å². The SMILES string of the molecule is CCCCCCCCCCCCCCCCCCCCCCC(=O)OC[C@H](COP(=O)(O)OC[C@@H](O)COP(=O)(O)OC[C@@H](COC(=O)CCCCCCCCCCC(C)C)OC(=O)CCCCCCCCCCCCCC(C)C)OC(=O)CCCCCCCCCCCCCCCCCCCCC(C)CC. The minimum atomic E-state index is -4.97. The van der Waals surface area contributed by atoms with Crippen molar-refractivity contribution >= 4 is 39.5 Å². The van der Waals surface area contributed by atoms with Gasteiger partial charge in [-0.3, -0.25) is 37.3 Å². The number of unbranched alkanes of at least 4 members (excludes halogenated alkanes) is 53. The van der Waals surface area contributed by atoms with Gasteiger partial charge >= 0.3 is 39.5 Å². The topological polar surface area (TPSA) is 237 Å². The van der Waals surface area contributed by atoms with Crippen LogP contribution in [0.3, 0.4) is 0 Å². The monoisotopic (exact) mass is 1560 g/mol. The molecule has 636 valence electrons. The van der Waals surface area contributed by atoms with E-state index in [1.807, 2.05) is 0 Å². The van der Waals surface area contributed by atoms with E-state index in [9.17, 15) is 43.2 Å². The van der Waals surface area contributed by atoms with Gasteiger partial charge in [0.15, 0.2) is 12.2 Å². The third-order valence-electron chi connectivity index (χ3n) is 21.0. The largest absolute Gasteiger partial charge is 0.472 e. The molecule has 0 bridgehead atoms. The maximum atomic E-state index is 13.2. The van der Waals surface area contributed by atoms with Crippen LogP contribution in [0.15, 0.2) is 0 Å². The average Bonchev–Trinajstić information content (AvgIpc) is 0.903. The Bertz CT molecular complexity index is 2060. The van der Waals surface area contributed by atoms with E-state index in [2.05, 4.69) is 48.5 Å². The maximum absolute atomic E-state index is 13.2. The Hall–Kier alpha value is -1.94. The summed E-state index contributed by atoms with van der Waals surface area (Å²) >= 11 is 0. The molecule has 0 aliphatic carbocycles. The Morgan fingerprint density at radius 3 is 0.710 bits per heavy atom. The fraction of sp³-hybridized carbons (Fsp3) is 0.955. The first kappa shape index (κ1) is 105. The van der Waals surface area contributed by atoms with Gasteiger partial charge in [-0.1, -0.05) is 414 Å². The normalized spacial score (nSPS) is 14.1. The molecular formula is C88H172O17P2. The van der Waals surface area contributed by atoms with Gasteiger partial charge in [0, 0.05) is 25.7 Å². The van der Waals surface area contributed by atoms with Gasteiger partial charge in [-0.25, -0.2) is 9.13 Å². The molecule has 6 atom stereocenters. The lowest BCUT2D eigenvalue weighted by molar-refractivity contribution is -0.161. The molecule has 0 radical (unpaired) electrons. The van der Waals surface area contributed by atoms with Gasteiger partial charge in [0.1, 0.15) is 19.3 Å². The van der Waals surface area contributed by atoms with E-state index in [0.717, 1.165) is 108 Å². The molecule has 0 saturated carbocycles. The Balaban J connectivity index is 5.23. The predicted molar refractivity (Wildman–Crippen MR) is 441 cm³/mol. The van der Waals surface area contributed by atoms with Crippen molar-refractivity contribution < 1.29 is 80.2 Å². The molecule has 0 saturated heterocycles. The highest BCUT2D eigenvalue weighted by Crippen LogP contribution is 2.45. The molecule has 0 aromatic rings. The summed E-state index contributed by atoms with van der Waals surface area (Å²) in [6.07, 6.45) is 69.6. The van der Waals surface area contributed by atoms with E-state index in [1.54, 1.807) is 0 Å². The summed E-state index contributed by atoms with van der Waals surface area (Å²) in [5.74, 6) is 0.258.